The molecule has 1 aromatic rings. The molecule has 90 valence electrons. The SMILES string of the molecule is Cc1cc(F)ccc1C(=O)N(C)CC(C)C#N. The van der Waals surface area contributed by atoms with Crippen LogP contribution in [0.1, 0.15) is 22.8 Å². The summed E-state index contributed by atoms with van der Waals surface area (Å²) in [6.45, 7) is 3.81. The minimum atomic E-state index is -0.355. The first-order chi connectivity index (χ1) is 7.95. The highest BCUT2D eigenvalue weighted by atomic mass is 19.1. The van der Waals surface area contributed by atoms with Crippen molar-refractivity contribution in [1.82, 2.24) is 4.90 Å². The van der Waals surface area contributed by atoms with E-state index in [9.17, 15) is 9.18 Å². The van der Waals surface area contributed by atoms with Gasteiger partial charge in [-0.1, -0.05) is 0 Å². The Hall–Kier alpha value is -1.89. The fourth-order valence-electron chi connectivity index (χ4n) is 1.61. The van der Waals surface area contributed by atoms with E-state index in [-0.39, 0.29) is 17.6 Å². The third kappa shape index (κ3) is 3.28. The Bertz CT molecular complexity index is 465. The van der Waals surface area contributed by atoms with Crippen molar-refractivity contribution < 1.29 is 9.18 Å². The molecule has 0 spiro atoms. The van der Waals surface area contributed by atoms with Crippen molar-refractivity contribution in [2.75, 3.05) is 13.6 Å². The minimum Gasteiger partial charge on any atom is -0.340 e. The summed E-state index contributed by atoms with van der Waals surface area (Å²) in [6, 6.07) is 6.14. The number of benzene rings is 1. The fraction of sp³-hybridized carbons (Fsp3) is 0.385. The number of carbonyl (C=O) groups is 1. The normalized spacial score (nSPS) is 11.7. The highest BCUT2D eigenvalue weighted by Crippen LogP contribution is 2.13. The van der Waals surface area contributed by atoms with Gasteiger partial charge in [-0.3, -0.25) is 4.79 Å². The number of halogens is 1. The molecule has 0 saturated heterocycles. The van der Waals surface area contributed by atoms with Crippen LogP contribution in [0.4, 0.5) is 4.39 Å². The molecule has 1 atom stereocenters. The largest absolute Gasteiger partial charge is 0.340 e. The zero-order valence-electron chi connectivity index (χ0n) is 10.2. The monoisotopic (exact) mass is 234 g/mol. The lowest BCUT2D eigenvalue weighted by Gasteiger charge is -2.19. The zero-order valence-corrected chi connectivity index (χ0v) is 10.2. The van der Waals surface area contributed by atoms with Crippen molar-refractivity contribution in [3.8, 4) is 6.07 Å². The van der Waals surface area contributed by atoms with Gasteiger partial charge < -0.3 is 4.90 Å². The molecular formula is C13H15FN2O. The van der Waals surface area contributed by atoms with E-state index in [1.165, 1.54) is 23.1 Å². The standard InChI is InChI=1S/C13H15FN2O/c1-9(7-15)8-16(3)13(17)12-5-4-11(14)6-10(12)2/h4-6,9H,8H2,1-3H3. The predicted octanol–water partition coefficient (Wildman–Crippen LogP) is 2.37. The van der Waals surface area contributed by atoms with E-state index >= 15 is 0 Å². The second-order valence-electron chi connectivity index (χ2n) is 4.18. The maximum Gasteiger partial charge on any atom is 0.253 e. The van der Waals surface area contributed by atoms with Crippen molar-refractivity contribution >= 4 is 5.91 Å². The van der Waals surface area contributed by atoms with Crippen LogP contribution in [0.3, 0.4) is 0 Å². The second-order valence-corrected chi connectivity index (χ2v) is 4.18. The van der Waals surface area contributed by atoms with E-state index in [1.807, 2.05) is 0 Å². The molecule has 0 aliphatic carbocycles. The summed E-state index contributed by atoms with van der Waals surface area (Å²) >= 11 is 0. The molecule has 0 bridgehead atoms. The molecule has 4 heteroatoms. The van der Waals surface area contributed by atoms with Gasteiger partial charge in [0.15, 0.2) is 0 Å². The molecule has 0 radical (unpaired) electrons. The van der Waals surface area contributed by atoms with Crippen LogP contribution in [0.2, 0.25) is 0 Å². The molecule has 0 aliphatic heterocycles. The Kier molecular flexibility index (Phi) is 4.22. The summed E-state index contributed by atoms with van der Waals surface area (Å²) in [6.07, 6.45) is 0. The first-order valence-corrected chi connectivity index (χ1v) is 5.37. The minimum absolute atomic E-state index is 0.190. The lowest BCUT2D eigenvalue weighted by molar-refractivity contribution is 0.0784. The quantitative estimate of drug-likeness (QED) is 0.805. The van der Waals surface area contributed by atoms with Crippen LogP contribution in [0.25, 0.3) is 0 Å². The first-order valence-electron chi connectivity index (χ1n) is 5.37. The van der Waals surface area contributed by atoms with Gasteiger partial charge in [-0.05, 0) is 37.6 Å². The van der Waals surface area contributed by atoms with E-state index in [0.717, 1.165) is 0 Å². The van der Waals surface area contributed by atoms with Gasteiger partial charge in [-0.2, -0.15) is 5.26 Å². The lowest BCUT2D eigenvalue weighted by atomic mass is 10.1. The summed E-state index contributed by atoms with van der Waals surface area (Å²) in [4.78, 5) is 13.5. The number of hydrogen-bond donors (Lipinski definition) is 0. The summed E-state index contributed by atoms with van der Waals surface area (Å²) in [5.41, 5.74) is 1.07. The lowest BCUT2D eigenvalue weighted by Crippen LogP contribution is -2.31. The number of nitrogens with zero attached hydrogens (tertiary/aromatic N) is 2. The molecule has 0 aromatic heterocycles. The van der Waals surface area contributed by atoms with Crippen LogP contribution in [0.5, 0.6) is 0 Å². The molecule has 0 heterocycles. The van der Waals surface area contributed by atoms with Crippen molar-refractivity contribution in [2.45, 2.75) is 13.8 Å². The molecule has 0 N–H and O–H groups in total. The maximum absolute atomic E-state index is 12.9. The molecule has 0 aliphatic rings. The highest BCUT2D eigenvalue weighted by molar-refractivity contribution is 5.95. The fourth-order valence-corrected chi connectivity index (χ4v) is 1.61. The Balaban J connectivity index is 2.86. The molecule has 0 fully saturated rings. The number of amides is 1. The number of rotatable bonds is 3. The van der Waals surface area contributed by atoms with Crippen molar-refractivity contribution in [3.63, 3.8) is 0 Å². The molecular weight excluding hydrogens is 219 g/mol. The van der Waals surface area contributed by atoms with E-state index in [4.69, 9.17) is 5.26 Å². The Morgan fingerprint density at radius 3 is 2.76 bits per heavy atom. The van der Waals surface area contributed by atoms with E-state index < -0.39 is 0 Å². The van der Waals surface area contributed by atoms with Gasteiger partial charge >= 0.3 is 0 Å². The zero-order chi connectivity index (χ0) is 13.0. The number of hydrogen-bond acceptors (Lipinski definition) is 2. The second kappa shape index (κ2) is 5.44. The van der Waals surface area contributed by atoms with E-state index in [2.05, 4.69) is 6.07 Å². The van der Waals surface area contributed by atoms with Crippen molar-refractivity contribution in [1.29, 1.82) is 5.26 Å². The molecule has 1 aromatic carbocycles. The summed E-state index contributed by atoms with van der Waals surface area (Å²) in [5, 5.41) is 8.69. The van der Waals surface area contributed by atoms with Crippen LogP contribution >= 0.6 is 0 Å². The van der Waals surface area contributed by atoms with Crippen LogP contribution in [-0.4, -0.2) is 24.4 Å². The van der Waals surface area contributed by atoms with Gasteiger partial charge in [0.1, 0.15) is 5.82 Å². The summed E-state index contributed by atoms with van der Waals surface area (Å²) < 4.78 is 12.9. The molecule has 17 heavy (non-hydrogen) atoms. The van der Waals surface area contributed by atoms with Crippen molar-refractivity contribution in [2.24, 2.45) is 5.92 Å². The molecule has 1 amide bonds. The third-order valence-corrected chi connectivity index (χ3v) is 2.53. The van der Waals surface area contributed by atoms with Crippen LogP contribution in [0.15, 0.2) is 18.2 Å². The summed E-state index contributed by atoms with van der Waals surface area (Å²) in [7, 11) is 1.64. The van der Waals surface area contributed by atoms with E-state index in [1.54, 1.807) is 20.9 Å². The molecule has 1 rings (SSSR count). The highest BCUT2D eigenvalue weighted by Gasteiger charge is 2.16. The third-order valence-electron chi connectivity index (χ3n) is 2.53. The Morgan fingerprint density at radius 1 is 1.59 bits per heavy atom. The van der Waals surface area contributed by atoms with Crippen LogP contribution < -0.4 is 0 Å². The van der Waals surface area contributed by atoms with E-state index in [0.29, 0.717) is 17.7 Å². The van der Waals surface area contributed by atoms with Crippen LogP contribution in [0, 0.1) is 30.0 Å². The van der Waals surface area contributed by atoms with Gasteiger partial charge in [0.25, 0.3) is 5.91 Å². The maximum atomic E-state index is 12.9. The van der Waals surface area contributed by atoms with Gasteiger partial charge in [0.2, 0.25) is 0 Å². The number of aryl methyl sites for hydroxylation is 1. The average Bonchev–Trinajstić information content (AvgIpc) is 2.28. The molecule has 1 unspecified atom stereocenters. The summed E-state index contributed by atoms with van der Waals surface area (Å²) in [5.74, 6) is -0.763. The molecule has 3 nitrogen and oxygen atoms in total. The van der Waals surface area contributed by atoms with Gasteiger partial charge in [-0.25, -0.2) is 4.39 Å². The predicted molar refractivity (Wildman–Crippen MR) is 62.9 cm³/mol. The average molecular weight is 234 g/mol. The Morgan fingerprint density at radius 2 is 2.24 bits per heavy atom. The van der Waals surface area contributed by atoms with Gasteiger partial charge in [0.05, 0.1) is 12.0 Å². The number of nitriles is 1. The number of carbonyl (C=O) groups excluding carboxylic acids is 1. The van der Waals surface area contributed by atoms with Gasteiger partial charge in [0, 0.05) is 19.2 Å². The van der Waals surface area contributed by atoms with Crippen molar-refractivity contribution in [3.05, 3.63) is 35.1 Å². The first kappa shape index (κ1) is 13.2. The topological polar surface area (TPSA) is 44.1 Å². The Labute approximate surface area is 100 Å². The van der Waals surface area contributed by atoms with Crippen LogP contribution in [-0.2, 0) is 0 Å². The van der Waals surface area contributed by atoms with Gasteiger partial charge in [-0.15, -0.1) is 0 Å². The smallest absolute Gasteiger partial charge is 0.253 e. The molecule has 0 saturated carbocycles.